The molecule has 0 fully saturated rings. The summed E-state index contributed by atoms with van der Waals surface area (Å²) < 4.78 is 0. The number of thiophene rings is 1. The summed E-state index contributed by atoms with van der Waals surface area (Å²) >= 11 is 1.72. The van der Waals surface area contributed by atoms with E-state index in [1.807, 2.05) is 25.2 Å². The molecule has 1 aromatic carbocycles. The average molecular weight is 295 g/mol. The Morgan fingerprint density at radius 1 is 0.952 bits per heavy atom. The summed E-state index contributed by atoms with van der Waals surface area (Å²) in [4.78, 5) is 11.8. The fraction of sp³-hybridized carbons (Fsp3) is 0.176. The predicted octanol–water partition coefficient (Wildman–Crippen LogP) is 4.53. The summed E-state index contributed by atoms with van der Waals surface area (Å²) in [5.74, 6) is 1.66. The summed E-state index contributed by atoms with van der Waals surface area (Å²) in [5.41, 5.74) is 3.17. The van der Waals surface area contributed by atoms with Crippen LogP contribution in [-0.4, -0.2) is 17.0 Å². The number of anilines is 1. The summed E-state index contributed by atoms with van der Waals surface area (Å²) in [6, 6.07) is 14.4. The van der Waals surface area contributed by atoms with Crippen molar-refractivity contribution in [3.63, 3.8) is 0 Å². The van der Waals surface area contributed by atoms with Crippen molar-refractivity contribution in [1.82, 2.24) is 9.97 Å². The quantitative estimate of drug-likeness (QED) is 0.771. The van der Waals surface area contributed by atoms with E-state index in [4.69, 9.17) is 4.98 Å². The maximum absolute atomic E-state index is 4.79. The summed E-state index contributed by atoms with van der Waals surface area (Å²) in [6.07, 6.45) is 0. The largest absolute Gasteiger partial charge is 0.373 e. The van der Waals surface area contributed by atoms with Gasteiger partial charge < -0.3 is 5.32 Å². The van der Waals surface area contributed by atoms with E-state index in [-0.39, 0.29) is 0 Å². The van der Waals surface area contributed by atoms with Gasteiger partial charge in [0, 0.05) is 23.1 Å². The molecule has 1 N–H and O–H groups in total. The molecule has 3 rings (SSSR count). The highest BCUT2D eigenvalue weighted by molar-refractivity contribution is 7.15. The van der Waals surface area contributed by atoms with Gasteiger partial charge in [0.1, 0.15) is 5.82 Å². The highest BCUT2D eigenvalue weighted by atomic mass is 32.1. The van der Waals surface area contributed by atoms with Crippen LogP contribution < -0.4 is 5.32 Å². The van der Waals surface area contributed by atoms with Crippen molar-refractivity contribution in [2.75, 3.05) is 12.4 Å². The maximum atomic E-state index is 4.79. The van der Waals surface area contributed by atoms with E-state index < -0.39 is 0 Å². The fourth-order valence-corrected chi connectivity index (χ4v) is 3.10. The standard InChI is InChI=1S/C17H17N3S/c1-11-9-10-14(21-11)17-19-15(12(2)16(18-3)20-17)13-7-5-4-6-8-13/h4-10H,1-3H3,(H,18,19,20). The molecule has 0 saturated heterocycles. The van der Waals surface area contributed by atoms with E-state index in [1.54, 1.807) is 11.3 Å². The molecular weight excluding hydrogens is 278 g/mol. The molecule has 0 aliphatic heterocycles. The zero-order valence-electron chi connectivity index (χ0n) is 12.3. The number of aryl methyl sites for hydroxylation is 1. The molecule has 0 radical (unpaired) electrons. The molecule has 106 valence electrons. The van der Waals surface area contributed by atoms with Crippen molar-refractivity contribution in [3.8, 4) is 22.0 Å². The van der Waals surface area contributed by atoms with Crippen molar-refractivity contribution in [2.45, 2.75) is 13.8 Å². The van der Waals surface area contributed by atoms with Gasteiger partial charge in [0.05, 0.1) is 10.6 Å². The van der Waals surface area contributed by atoms with E-state index in [0.717, 1.165) is 33.3 Å². The minimum atomic E-state index is 0.780. The number of benzene rings is 1. The molecule has 3 nitrogen and oxygen atoms in total. The minimum Gasteiger partial charge on any atom is -0.373 e. The van der Waals surface area contributed by atoms with Crippen LogP contribution in [0.2, 0.25) is 0 Å². The predicted molar refractivity (Wildman–Crippen MR) is 89.8 cm³/mol. The summed E-state index contributed by atoms with van der Waals surface area (Å²) in [6.45, 7) is 4.15. The Morgan fingerprint density at radius 3 is 2.33 bits per heavy atom. The zero-order valence-corrected chi connectivity index (χ0v) is 13.2. The van der Waals surface area contributed by atoms with Crippen molar-refractivity contribution < 1.29 is 0 Å². The third-order valence-corrected chi connectivity index (χ3v) is 4.39. The van der Waals surface area contributed by atoms with Gasteiger partial charge in [-0.25, -0.2) is 9.97 Å². The molecule has 0 unspecified atom stereocenters. The Bertz CT molecular complexity index is 763. The van der Waals surface area contributed by atoms with Crippen LogP contribution in [0.25, 0.3) is 22.0 Å². The molecule has 3 aromatic rings. The van der Waals surface area contributed by atoms with Crippen LogP contribution in [0.4, 0.5) is 5.82 Å². The summed E-state index contributed by atoms with van der Waals surface area (Å²) in [7, 11) is 1.90. The number of nitrogens with one attached hydrogen (secondary N) is 1. The van der Waals surface area contributed by atoms with Gasteiger partial charge in [-0.05, 0) is 26.0 Å². The molecule has 0 aliphatic rings. The van der Waals surface area contributed by atoms with Crippen molar-refractivity contribution in [3.05, 3.63) is 52.9 Å². The lowest BCUT2D eigenvalue weighted by molar-refractivity contribution is 1.14. The lowest BCUT2D eigenvalue weighted by Gasteiger charge is -2.11. The Morgan fingerprint density at radius 2 is 1.71 bits per heavy atom. The van der Waals surface area contributed by atoms with Crippen LogP contribution in [0.1, 0.15) is 10.4 Å². The molecule has 0 aliphatic carbocycles. The van der Waals surface area contributed by atoms with Crippen LogP contribution in [0.3, 0.4) is 0 Å². The lowest BCUT2D eigenvalue weighted by atomic mass is 10.1. The number of rotatable bonds is 3. The van der Waals surface area contributed by atoms with Crippen LogP contribution in [0, 0.1) is 13.8 Å². The molecule has 4 heteroatoms. The minimum absolute atomic E-state index is 0.780. The number of nitrogens with zero attached hydrogens (tertiary/aromatic N) is 2. The second kappa shape index (κ2) is 5.66. The lowest BCUT2D eigenvalue weighted by Crippen LogP contribution is -2.02. The molecule has 21 heavy (non-hydrogen) atoms. The Labute approximate surface area is 128 Å². The molecule has 0 bridgehead atoms. The van der Waals surface area contributed by atoms with Crippen LogP contribution in [0.15, 0.2) is 42.5 Å². The highest BCUT2D eigenvalue weighted by Crippen LogP contribution is 2.31. The first-order valence-corrected chi connectivity index (χ1v) is 7.69. The second-order valence-electron chi connectivity index (χ2n) is 4.90. The zero-order chi connectivity index (χ0) is 14.8. The van der Waals surface area contributed by atoms with Gasteiger partial charge in [0.2, 0.25) is 0 Å². The first kappa shape index (κ1) is 13.8. The molecule has 2 aromatic heterocycles. The van der Waals surface area contributed by atoms with Crippen LogP contribution in [-0.2, 0) is 0 Å². The van der Waals surface area contributed by atoms with Gasteiger partial charge in [0.15, 0.2) is 5.82 Å². The third-order valence-electron chi connectivity index (χ3n) is 3.39. The molecule has 0 atom stereocenters. The monoisotopic (exact) mass is 295 g/mol. The normalized spacial score (nSPS) is 10.6. The van der Waals surface area contributed by atoms with E-state index in [1.165, 1.54) is 4.88 Å². The number of aromatic nitrogens is 2. The first-order chi connectivity index (χ1) is 10.2. The fourth-order valence-electron chi connectivity index (χ4n) is 2.30. The molecule has 0 spiro atoms. The van der Waals surface area contributed by atoms with Crippen molar-refractivity contribution in [1.29, 1.82) is 0 Å². The molecular formula is C17H17N3S. The van der Waals surface area contributed by atoms with Crippen LogP contribution in [0.5, 0.6) is 0 Å². The maximum Gasteiger partial charge on any atom is 0.172 e. The Hall–Kier alpha value is -2.20. The van der Waals surface area contributed by atoms with Gasteiger partial charge in [-0.3, -0.25) is 0 Å². The molecule has 0 amide bonds. The molecule has 2 heterocycles. The molecule has 0 saturated carbocycles. The van der Waals surface area contributed by atoms with Crippen LogP contribution >= 0.6 is 11.3 Å². The third kappa shape index (κ3) is 2.67. The Kier molecular flexibility index (Phi) is 3.71. The SMILES string of the molecule is CNc1nc(-c2ccc(C)s2)nc(-c2ccccc2)c1C. The highest BCUT2D eigenvalue weighted by Gasteiger charge is 2.13. The topological polar surface area (TPSA) is 37.8 Å². The smallest absolute Gasteiger partial charge is 0.172 e. The summed E-state index contributed by atoms with van der Waals surface area (Å²) in [5, 5.41) is 3.18. The van der Waals surface area contributed by atoms with E-state index in [0.29, 0.717) is 0 Å². The van der Waals surface area contributed by atoms with Gasteiger partial charge in [-0.2, -0.15) is 0 Å². The van der Waals surface area contributed by atoms with E-state index in [2.05, 4.69) is 48.4 Å². The van der Waals surface area contributed by atoms with Gasteiger partial charge in [-0.1, -0.05) is 30.3 Å². The van der Waals surface area contributed by atoms with Crippen molar-refractivity contribution in [2.24, 2.45) is 0 Å². The first-order valence-electron chi connectivity index (χ1n) is 6.87. The van der Waals surface area contributed by atoms with Crippen molar-refractivity contribution >= 4 is 17.2 Å². The van der Waals surface area contributed by atoms with E-state index >= 15 is 0 Å². The second-order valence-corrected chi connectivity index (χ2v) is 6.18. The van der Waals surface area contributed by atoms with E-state index in [9.17, 15) is 0 Å². The average Bonchev–Trinajstić information content (AvgIpc) is 2.95. The Balaban J connectivity index is 2.20. The van der Waals surface area contributed by atoms with Gasteiger partial charge in [0.25, 0.3) is 0 Å². The van der Waals surface area contributed by atoms with Gasteiger partial charge >= 0.3 is 0 Å². The number of hydrogen-bond acceptors (Lipinski definition) is 4. The number of hydrogen-bond donors (Lipinski definition) is 1. The van der Waals surface area contributed by atoms with Gasteiger partial charge in [-0.15, -0.1) is 11.3 Å².